The molecule has 86 valence electrons. The number of aryl methyl sites for hydroxylation is 2. The summed E-state index contributed by atoms with van der Waals surface area (Å²) in [6, 6.07) is 2.83. The molecule has 0 radical (unpaired) electrons. The molecule has 0 fully saturated rings. The van der Waals surface area contributed by atoms with Crippen molar-refractivity contribution in [3.63, 3.8) is 0 Å². The van der Waals surface area contributed by atoms with E-state index < -0.39 is 0 Å². The third-order valence-electron chi connectivity index (χ3n) is 3.04. The van der Waals surface area contributed by atoms with Gasteiger partial charge in [-0.25, -0.2) is 0 Å². The molecule has 1 N–H and O–H groups in total. The summed E-state index contributed by atoms with van der Waals surface area (Å²) in [5.41, 5.74) is 1.78. The van der Waals surface area contributed by atoms with Crippen LogP contribution in [0.1, 0.15) is 43.0 Å². The van der Waals surface area contributed by atoms with Crippen LogP contribution in [-0.4, -0.2) is 6.04 Å². The molecule has 0 aliphatic heterocycles. The minimum atomic E-state index is 0.332. The van der Waals surface area contributed by atoms with E-state index in [1.54, 1.807) is 0 Å². The van der Waals surface area contributed by atoms with Gasteiger partial charge in [0.15, 0.2) is 0 Å². The Hall–Kier alpha value is -0.340. The lowest BCUT2D eigenvalue weighted by Crippen LogP contribution is -2.37. The van der Waals surface area contributed by atoms with Crippen molar-refractivity contribution in [2.45, 2.75) is 54.1 Å². The van der Waals surface area contributed by atoms with Crippen LogP contribution in [0.4, 0.5) is 0 Å². The molecule has 1 aromatic heterocycles. The molecule has 0 amide bonds. The molecule has 0 aromatic carbocycles. The van der Waals surface area contributed by atoms with Gasteiger partial charge in [0, 0.05) is 22.3 Å². The Balaban J connectivity index is 2.54. The first-order chi connectivity index (χ1) is 6.80. The third kappa shape index (κ3) is 3.62. The van der Waals surface area contributed by atoms with Crippen LogP contribution in [0.25, 0.3) is 0 Å². The zero-order chi connectivity index (χ0) is 11.6. The molecule has 1 aromatic rings. The van der Waals surface area contributed by atoms with Gasteiger partial charge < -0.3 is 5.32 Å². The first-order valence-electron chi connectivity index (χ1n) is 5.60. The van der Waals surface area contributed by atoms with E-state index in [4.69, 9.17) is 0 Å². The zero-order valence-electron chi connectivity index (χ0n) is 10.8. The highest BCUT2D eigenvalue weighted by molar-refractivity contribution is 7.12. The van der Waals surface area contributed by atoms with E-state index in [1.807, 2.05) is 11.3 Å². The highest BCUT2D eigenvalue weighted by Crippen LogP contribution is 2.22. The van der Waals surface area contributed by atoms with Crippen LogP contribution >= 0.6 is 11.3 Å². The molecule has 0 saturated heterocycles. The summed E-state index contributed by atoms with van der Waals surface area (Å²) in [6.45, 7) is 14.5. The summed E-state index contributed by atoms with van der Waals surface area (Å²) in [5, 5.41) is 3.60. The average molecular weight is 225 g/mol. The predicted molar refractivity (Wildman–Crippen MR) is 69.5 cm³/mol. The van der Waals surface area contributed by atoms with Gasteiger partial charge in [0.2, 0.25) is 0 Å². The molecule has 0 saturated carbocycles. The van der Waals surface area contributed by atoms with Gasteiger partial charge in [-0.15, -0.1) is 11.3 Å². The SMILES string of the molecule is Cc1cc(CNC(C)C(C)(C)C)c(C)s1. The summed E-state index contributed by atoms with van der Waals surface area (Å²) in [4.78, 5) is 2.86. The van der Waals surface area contributed by atoms with Gasteiger partial charge in [0.05, 0.1) is 0 Å². The van der Waals surface area contributed by atoms with Crippen LogP contribution in [0.15, 0.2) is 6.07 Å². The van der Waals surface area contributed by atoms with Crippen molar-refractivity contribution < 1.29 is 0 Å². The maximum Gasteiger partial charge on any atom is 0.0219 e. The second kappa shape index (κ2) is 4.67. The fourth-order valence-electron chi connectivity index (χ4n) is 1.43. The van der Waals surface area contributed by atoms with Gasteiger partial charge in [0.25, 0.3) is 0 Å². The van der Waals surface area contributed by atoms with Gasteiger partial charge >= 0.3 is 0 Å². The molecule has 0 aliphatic rings. The highest BCUT2D eigenvalue weighted by atomic mass is 32.1. The Morgan fingerprint density at radius 2 is 1.93 bits per heavy atom. The van der Waals surface area contributed by atoms with Gasteiger partial charge in [-0.05, 0) is 37.8 Å². The number of thiophene rings is 1. The van der Waals surface area contributed by atoms with Crippen LogP contribution < -0.4 is 5.32 Å². The fraction of sp³-hybridized carbons (Fsp3) is 0.692. The molecule has 1 nitrogen and oxygen atoms in total. The lowest BCUT2D eigenvalue weighted by molar-refractivity contribution is 0.285. The third-order valence-corrected chi connectivity index (χ3v) is 4.05. The molecule has 0 spiro atoms. The quantitative estimate of drug-likeness (QED) is 0.823. The van der Waals surface area contributed by atoms with Crippen molar-refractivity contribution in [2.75, 3.05) is 0 Å². The fourth-order valence-corrected chi connectivity index (χ4v) is 2.37. The van der Waals surface area contributed by atoms with E-state index in [9.17, 15) is 0 Å². The van der Waals surface area contributed by atoms with Crippen molar-refractivity contribution in [1.29, 1.82) is 0 Å². The predicted octanol–water partition coefficient (Wildman–Crippen LogP) is 3.89. The summed E-state index contributed by atoms with van der Waals surface area (Å²) in [7, 11) is 0. The van der Waals surface area contributed by atoms with Crippen molar-refractivity contribution in [3.05, 3.63) is 21.4 Å². The second-order valence-electron chi connectivity index (χ2n) is 5.41. The maximum atomic E-state index is 3.60. The molecule has 2 heteroatoms. The van der Waals surface area contributed by atoms with Crippen LogP contribution in [0, 0.1) is 19.3 Å². The van der Waals surface area contributed by atoms with Crippen molar-refractivity contribution in [3.8, 4) is 0 Å². The zero-order valence-corrected chi connectivity index (χ0v) is 11.6. The van der Waals surface area contributed by atoms with Crippen LogP contribution in [-0.2, 0) is 6.54 Å². The smallest absolute Gasteiger partial charge is 0.0219 e. The Morgan fingerprint density at radius 1 is 1.33 bits per heavy atom. The topological polar surface area (TPSA) is 12.0 Å². The molecule has 0 bridgehead atoms. The van der Waals surface area contributed by atoms with E-state index in [1.165, 1.54) is 15.3 Å². The lowest BCUT2D eigenvalue weighted by Gasteiger charge is -2.28. The number of hydrogen-bond acceptors (Lipinski definition) is 2. The monoisotopic (exact) mass is 225 g/mol. The first-order valence-corrected chi connectivity index (χ1v) is 6.41. The Labute approximate surface area is 97.9 Å². The molecule has 1 rings (SSSR count). The normalized spacial score (nSPS) is 14.3. The Kier molecular flexibility index (Phi) is 3.96. The maximum absolute atomic E-state index is 3.60. The van der Waals surface area contributed by atoms with E-state index >= 15 is 0 Å². The number of nitrogens with one attached hydrogen (secondary N) is 1. The number of rotatable bonds is 3. The summed E-state index contributed by atoms with van der Waals surface area (Å²) >= 11 is 1.89. The molecule has 0 aliphatic carbocycles. The molecule has 1 atom stereocenters. The highest BCUT2D eigenvalue weighted by Gasteiger charge is 2.19. The summed E-state index contributed by atoms with van der Waals surface area (Å²) < 4.78 is 0. The van der Waals surface area contributed by atoms with E-state index in [-0.39, 0.29) is 0 Å². The van der Waals surface area contributed by atoms with Crippen molar-refractivity contribution >= 4 is 11.3 Å². The van der Waals surface area contributed by atoms with Crippen molar-refractivity contribution in [2.24, 2.45) is 5.41 Å². The molecular weight excluding hydrogens is 202 g/mol. The van der Waals surface area contributed by atoms with Gasteiger partial charge in [0.1, 0.15) is 0 Å². The largest absolute Gasteiger partial charge is 0.310 e. The number of hydrogen-bond donors (Lipinski definition) is 1. The minimum absolute atomic E-state index is 0.332. The van der Waals surface area contributed by atoms with Crippen LogP contribution in [0.5, 0.6) is 0 Å². The molecule has 15 heavy (non-hydrogen) atoms. The van der Waals surface area contributed by atoms with Gasteiger partial charge in [-0.2, -0.15) is 0 Å². The molecule has 1 unspecified atom stereocenters. The molecular formula is C13H23NS. The summed E-state index contributed by atoms with van der Waals surface area (Å²) in [6.07, 6.45) is 0. The van der Waals surface area contributed by atoms with E-state index in [2.05, 4.69) is 52.9 Å². The van der Waals surface area contributed by atoms with E-state index in [0.29, 0.717) is 11.5 Å². The van der Waals surface area contributed by atoms with Crippen LogP contribution in [0.3, 0.4) is 0 Å². The minimum Gasteiger partial charge on any atom is -0.310 e. The first kappa shape index (κ1) is 12.7. The van der Waals surface area contributed by atoms with Crippen molar-refractivity contribution in [1.82, 2.24) is 5.32 Å². The van der Waals surface area contributed by atoms with Crippen LogP contribution in [0.2, 0.25) is 0 Å². The van der Waals surface area contributed by atoms with Gasteiger partial charge in [-0.3, -0.25) is 0 Å². The second-order valence-corrected chi connectivity index (χ2v) is 6.87. The Morgan fingerprint density at radius 3 is 2.33 bits per heavy atom. The van der Waals surface area contributed by atoms with E-state index in [0.717, 1.165) is 6.54 Å². The Bertz CT molecular complexity index is 320. The average Bonchev–Trinajstić information content (AvgIpc) is 2.39. The summed E-state index contributed by atoms with van der Waals surface area (Å²) in [5.74, 6) is 0. The standard InChI is InChI=1S/C13H23NS/c1-9-7-12(10(2)15-9)8-14-11(3)13(4,5)6/h7,11,14H,8H2,1-6H3. The lowest BCUT2D eigenvalue weighted by atomic mass is 9.88. The molecule has 1 heterocycles. The van der Waals surface area contributed by atoms with Gasteiger partial charge in [-0.1, -0.05) is 20.8 Å².